The van der Waals surface area contributed by atoms with Crippen molar-refractivity contribution in [1.29, 1.82) is 0 Å². The fourth-order valence-electron chi connectivity index (χ4n) is 1.65. The number of hydrogen-bond acceptors (Lipinski definition) is 2. The van der Waals surface area contributed by atoms with E-state index in [1.54, 1.807) is 30.5 Å². The molecule has 1 aromatic carbocycles. The van der Waals surface area contributed by atoms with Gasteiger partial charge in [-0.05, 0) is 51.8 Å². The largest absolute Gasteiger partial charge is 0.386 e. The van der Waals surface area contributed by atoms with E-state index < -0.39 is 6.10 Å². The number of aliphatic hydroxyl groups excluding tert-OH is 1. The molecule has 18 heavy (non-hydrogen) atoms. The molecule has 0 saturated carbocycles. The summed E-state index contributed by atoms with van der Waals surface area (Å²) in [6.45, 7) is 0. The summed E-state index contributed by atoms with van der Waals surface area (Å²) in [5.41, 5.74) is 0.964. The Kier molecular flexibility index (Phi) is 4.48. The third kappa shape index (κ3) is 3.16. The molecule has 0 bridgehead atoms. The minimum Gasteiger partial charge on any atom is -0.386 e. The van der Waals surface area contributed by atoms with E-state index in [-0.39, 0.29) is 12.2 Å². The predicted molar refractivity (Wildman–Crippen MR) is 74.7 cm³/mol. The quantitative estimate of drug-likeness (QED) is 0.880. The molecule has 2 nitrogen and oxygen atoms in total. The van der Waals surface area contributed by atoms with Gasteiger partial charge in [0.25, 0.3) is 0 Å². The number of benzene rings is 1. The second-order valence-electron chi connectivity index (χ2n) is 3.83. The van der Waals surface area contributed by atoms with Crippen molar-refractivity contribution in [2.75, 3.05) is 0 Å². The third-order valence-corrected chi connectivity index (χ3v) is 3.69. The third-order valence-electron chi connectivity index (χ3n) is 2.52. The molecule has 0 aliphatic heterocycles. The van der Waals surface area contributed by atoms with E-state index in [2.05, 4.69) is 36.8 Å². The smallest absolute Gasteiger partial charge is 0.126 e. The lowest BCUT2D eigenvalue weighted by atomic mass is 10.0. The lowest BCUT2D eigenvalue weighted by molar-refractivity contribution is 0.171. The zero-order valence-corrected chi connectivity index (χ0v) is 12.4. The summed E-state index contributed by atoms with van der Waals surface area (Å²) in [6.07, 6.45) is 0.936. The van der Waals surface area contributed by atoms with Gasteiger partial charge in [-0.25, -0.2) is 4.39 Å². The summed E-state index contributed by atoms with van der Waals surface area (Å²) in [4.78, 5) is 4.10. The first-order valence-corrected chi connectivity index (χ1v) is 6.89. The molecule has 0 radical (unpaired) electrons. The Morgan fingerprint density at radius 1 is 1.28 bits per heavy atom. The van der Waals surface area contributed by atoms with Crippen LogP contribution in [0.15, 0.2) is 45.5 Å². The number of aromatic nitrogens is 1. The first-order chi connectivity index (χ1) is 8.58. The van der Waals surface area contributed by atoms with Gasteiger partial charge in [0.15, 0.2) is 0 Å². The molecule has 0 spiro atoms. The highest BCUT2D eigenvalue weighted by molar-refractivity contribution is 9.10. The normalized spacial score (nSPS) is 12.4. The Morgan fingerprint density at radius 3 is 2.78 bits per heavy atom. The molecule has 1 N–H and O–H groups in total. The van der Waals surface area contributed by atoms with Gasteiger partial charge < -0.3 is 5.11 Å². The zero-order chi connectivity index (χ0) is 13.1. The predicted octanol–water partition coefficient (Wildman–Crippen LogP) is 4.02. The summed E-state index contributed by atoms with van der Waals surface area (Å²) >= 11 is 6.60. The molecule has 2 aromatic rings. The maximum absolute atomic E-state index is 13.6. The molecule has 0 fully saturated rings. The summed E-state index contributed by atoms with van der Waals surface area (Å²) in [5, 5.41) is 10.1. The average Bonchev–Trinajstić information content (AvgIpc) is 2.34. The van der Waals surface area contributed by atoms with Crippen LogP contribution >= 0.6 is 31.9 Å². The van der Waals surface area contributed by atoms with Crippen molar-refractivity contribution in [3.05, 3.63) is 62.5 Å². The van der Waals surface area contributed by atoms with Crippen molar-refractivity contribution in [3.8, 4) is 0 Å². The van der Waals surface area contributed by atoms with Gasteiger partial charge in [0.1, 0.15) is 11.9 Å². The monoisotopic (exact) mass is 373 g/mol. The number of rotatable bonds is 3. The number of aliphatic hydroxyl groups is 1. The topological polar surface area (TPSA) is 33.1 Å². The van der Waals surface area contributed by atoms with Gasteiger partial charge in [-0.15, -0.1) is 0 Å². The highest BCUT2D eigenvalue weighted by Gasteiger charge is 2.15. The standard InChI is InChI=1S/C13H10Br2FNO/c14-9-3-4-11(16)8(6-9)7-12(18)13-10(15)2-1-5-17-13/h1-6,12,18H,7H2. The number of pyridine rings is 1. The Bertz CT molecular complexity index is 562. The molecule has 1 unspecified atom stereocenters. The van der Waals surface area contributed by atoms with E-state index in [9.17, 15) is 9.50 Å². The number of nitrogens with zero attached hydrogens (tertiary/aromatic N) is 1. The number of hydrogen-bond donors (Lipinski definition) is 1. The zero-order valence-electron chi connectivity index (χ0n) is 9.28. The van der Waals surface area contributed by atoms with Crippen LogP contribution in [-0.4, -0.2) is 10.1 Å². The first kappa shape index (κ1) is 13.6. The van der Waals surface area contributed by atoms with Gasteiger partial charge in [0, 0.05) is 21.6 Å². The van der Waals surface area contributed by atoms with Gasteiger partial charge in [-0.3, -0.25) is 4.98 Å². The van der Waals surface area contributed by atoms with Gasteiger partial charge in [-0.2, -0.15) is 0 Å². The summed E-state index contributed by atoms with van der Waals surface area (Å²) < 4.78 is 15.1. The minimum absolute atomic E-state index is 0.181. The highest BCUT2D eigenvalue weighted by atomic mass is 79.9. The van der Waals surface area contributed by atoms with E-state index in [1.165, 1.54) is 6.07 Å². The van der Waals surface area contributed by atoms with Gasteiger partial charge in [0.05, 0.1) is 5.69 Å². The Balaban J connectivity index is 2.24. The van der Waals surface area contributed by atoms with Crippen molar-refractivity contribution in [1.82, 2.24) is 4.98 Å². The molecule has 5 heteroatoms. The molecule has 94 valence electrons. The van der Waals surface area contributed by atoms with E-state index >= 15 is 0 Å². The van der Waals surface area contributed by atoms with E-state index in [0.717, 1.165) is 4.47 Å². The van der Waals surface area contributed by atoms with Crippen LogP contribution in [0.2, 0.25) is 0 Å². The van der Waals surface area contributed by atoms with Crippen molar-refractivity contribution in [3.63, 3.8) is 0 Å². The van der Waals surface area contributed by atoms with Crippen LogP contribution in [0.1, 0.15) is 17.4 Å². The Labute approximate surface area is 121 Å². The average molecular weight is 375 g/mol. The maximum Gasteiger partial charge on any atom is 0.126 e. The van der Waals surface area contributed by atoms with Gasteiger partial charge in [-0.1, -0.05) is 15.9 Å². The van der Waals surface area contributed by atoms with Crippen LogP contribution in [0.4, 0.5) is 4.39 Å². The molecule has 1 atom stereocenters. The SMILES string of the molecule is OC(Cc1cc(Br)ccc1F)c1ncccc1Br. The summed E-state index contributed by atoms with van der Waals surface area (Å²) in [5.74, 6) is -0.329. The summed E-state index contributed by atoms with van der Waals surface area (Å²) in [6, 6.07) is 8.22. The second-order valence-corrected chi connectivity index (χ2v) is 5.60. The summed E-state index contributed by atoms with van der Waals surface area (Å²) in [7, 11) is 0. The molecule has 0 aliphatic rings. The van der Waals surface area contributed by atoms with Crippen LogP contribution in [0, 0.1) is 5.82 Å². The molecular formula is C13H10Br2FNO. The van der Waals surface area contributed by atoms with Crippen LogP contribution in [0.3, 0.4) is 0 Å². The molecule has 0 amide bonds. The van der Waals surface area contributed by atoms with E-state index in [1.807, 2.05) is 0 Å². The first-order valence-electron chi connectivity index (χ1n) is 5.30. The van der Waals surface area contributed by atoms with Crippen LogP contribution in [-0.2, 0) is 6.42 Å². The van der Waals surface area contributed by atoms with Crippen LogP contribution < -0.4 is 0 Å². The fourth-order valence-corrected chi connectivity index (χ4v) is 2.58. The van der Waals surface area contributed by atoms with Crippen LogP contribution in [0.25, 0.3) is 0 Å². The number of halogens is 3. The molecule has 1 aromatic heterocycles. The van der Waals surface area contributed by atoms with Gasteiger partial charge >= 0.3 is 0 Å². The lowest BCUT2D eigenvalue weighted by Gasteiger charge is -2.12. The lowest BCUT2D eigenvalue weighted by Crippen LogP contribution is -2.06. The van der Waals surface area contributed by atoms with Crippen LogP contribution in [0.5, 0.6) is 0 Å². The van der Waals surface area contributed by atoms with Crippen molar-refractivity contribution < 1.29 is 9.50 Å². The molecule has 0 aliphatic carbocycles. The highest BCUT2D eigenvalue weighted by Crippen LogP contribution is 2.25. The van der Waals surface area contributed by atoms with Crippen molar-refractivity contribution >= 4 is 31.9 Å². The molecular weight excluding hydrogens is 365 g/mol. The molecule has 2 rings (SSSR count). The Hall–Kier alpha value is -0.780. The maximum atomic E-state index is 13.6. The van der Waals surface area contributed by atoms with E-state index in [4.69, 9.17) is 0 Å². The second kappa shape index (κ2) is 5.91. The van der Waals surface area contributed by atoms with E-state index in [0.29, 0.717) is 15.7 Å². The fraction of sp³-hybridized carbons (Fsp3) is 0.154. The van der Waals surface area contributed by atoms with Gasteiger partial charge in [0.2, 0.25) is 0 Å². The Morgan fingerprint density at radius 2 is 2.06 bits per heavy atom. The van der Waals surface area contributed by atoms with Crippen molar-refractivity contribution in [2.45, 2.75) is 12.5 Å². The van der Waals surface area contributed by atoms with Crippen molar-refractivity contribution in [2.24, 2.45) is 0 Å². The molecule has 0 saturated heterocycles. The minimum atomic E-state index is -0.843. The molecule has 1 heterocycles.